The largest absolute Gasteiger partial charge is 0.490 e. The second-order valence-corrected chi connectivity index (χ2v) is 5.05. The average Bonchev–Trinajstić information content (AvgIpc) is 2.46. The SMILES string of the molecule is O[C@@H]1CC(CCc2ccccc2)Oc2ccccc21. The minimum absolute atomic E-state index is 0.102. The van der Waals surface area contributed by atoms with Crippen molar-refractivity contribution in [2.24, 2.45) is 0 Å². The van der Waals surface area contributed by atoms with Crippen LogP contribution >= 0.6 is 0 Å². The van der Waals surface area contributed by atoms with E-state index in [4.69, 9.17) is 4.74 Å². The molecule has 0 amide bonds. The molecule has 2 nitrogen and oxygen atoms in total. The van der Waals surface area contributed by atoms with Crippen LogP contribution < -0.4 is 4.74 Å². The molecular formula is C17H18O2. The van der Waals surface area contributed by atoms with E-state index in [1.807, 2.05) is 30.3 Å². The van der Waals surface area contributed by atoms with Crippen LogP contribution in [0.2, 0.25) is 0 Å². The van der Waals surface area contributed by atoms with Gasteiger partial charge in [0.15, 0.2) is 0 Å². The zero-order chi connectivity index (χ0) is 13.1. The van der Waals surface area contributed by atoms with Crippen LogP contribution in [-0.4, -0.2) is 11.2 Å². The molecule has 0 fully saturated rings. The maximum absolute atomic E-state index is 10.1. The molecule has 3 rings (SSSR count). The molecule has 1 N–H and O–H groups in total. The molecule has 0 saturated carbocycles. The van der Waals surface area contributed by atoms with Crippen molar-refractivity contribution in [1.29, 1.82) is 0 Å². The predicted molar refractivity (Wildman–Crippen MR) is 75.2 cm³/mol. The Morgan fingerprint density at radius 1 is 1.00 bits per heavy atom. The summed E-state index contributed by atoms with van der Waals surface area (Å²) in [6.07, 6.45) is 2.32. The standard InChI is InChI=1S/C17H18O2/c18-16-12-14(11-10-13-6-2-1-3-7-13)19-17-9-5-4-8-15(16)17/h1-9,14,16,18H,10-12H2/t14?,16-/m1/s1. The smallest absolute Gasteiger partial charge is 0.125 e. The van der Waals surface area contributed by atoms with Crippen molar-refractivity contribution in [3.8, 4) is 5.75 Å². The molecule has 98 valence electrons. The topological polar surface area (TPSA) is 29.5 Å². The molecule has 19 heavy (non-hydrogen) atoms. The molecule has 1 aliphatic heterocycles. The van der Waals surface area contributed by atoms with Crippen molar-refractivity contribution in [1.82, 2.24) is 0 Å². The van der Waals surface area contributed by atoms with Crippen LogP contribution in [0.15, 0.2) is 54.6 Å². The average molecular weight is 254 g/mol. The third-order valence-electron chi connectivity index (χ3n) is 3.66. The third-order valence-corrected chi connectivity index (χ3v) is 3.66. The summed E-state index contributed by atoms with van der Waals surface area (Å²) in [7, 11) is 0. The first kappa shape index (κ1) is 12.2. The highest BCUT2D eigenvalue weighted by Gasteiger charge is 2.26. The highest BCUT2D eigenvalue weighted by molar-refractivity contribution is 5.36. The Hall–Kier alpha value is -1.80. The van der Waals surface area contributed by atoms with E-state index in [1.54, 1.807) is 0 Å². The molecule has 0 aliphatic carbocycles. The summed E-state index contributed by atoms with van der Waals surface area (Å²) in [5, 5.41) is 10.1. The summed E-state index contributed by atoms with van der Waals surface area (Å²) in [6.45, 7) is 0. The van der Waals surface area contributed by atoms with Gasteiger partial charge >= 0.3 is 0 Å². The van der Waals surface area contributed by atoms with Gasteiger partial charge in [0, 0.05) is 12.0 Å². The first-order valence-electron chi connectivity index (χ1n) is 6.80. The molecule has 2 atom stereocenters. The second-order valence-electron chi connectivity index (χ2n) is 5.05. The van der Waals surface area contributed by atoms with Gasteiger partial charge in [-0.3, -0.25) is 0 Å². The Morgan fingerprint density at radius 2 is 1.74 bits per heavy atom. The lowest BCUT2D eigenvalue weighted by Gasteiger charge is -2.29. The van der Waals surface area contributed by atoms with Gasteiger partial charge in [0.1, 0.15) is 11.9 Å². The fourth-order valence-electron chi connectivity index (χ4n) is 2.62. The van der Waals surface area contributed by atoms with E-state index in [0.29, 0.717) is 6.42 Å². The van der Waals surface area contributed by atoms with Crippen LogP contribution in [0.4, 0.5) is 0 Å². The number of ether oxygens (including phenoxy) is 1. The normalized spacial score (nSPS) is 21.5. The molecule has 1 aliphatic rings. The van der Waals surface area contributed by atoms with Crippen LogP contribution in [0, 0.1) is 0 Å². The number of hydrogen-bond acceptors (Lipinski definition) is 2. The number of benzene rings is 2. The highest BCUT2D eigenvalue weighted by Crippen LogP contribution is 2.35. The Labute approximate surface area is 113 Å². The maximum Gasteiger partial charge on any atom is 0.125 e. The maximum atomic E-state index is 10.1. The summed E-state index contributed by atoms with van der Waals surface area (Å²) in [5.74, 6) is 0.833. The summed E-state index contributed by atoms with van der Waals surface area (Å²) in [5.41, 5.74) is 2.23. The molecule has 2 aromatic carbocycles. The Balaban J connectivity index is 1.65. The van der Waals surface area contributed by atoms with E-state index in [1.165, 1.54) is 5.56 Å². The Morgan fingerprint density at radius 3 is 2.58 bits per heavy atom. The van der Waals surface area contributed by atoms with Crippen molar-refractivity contribution < 1.29 is 9.84 Å². The van der Waals surface area contributed by atoms with Crippen molar-refractivity contribution in [2.75, 3.05) is 0 Å². The molecule has 0 spiro atoms. The van der Waals surface area contributed by atoms with E-state index in [0.717, 1.165) is 24.2 Å². The summed E-state index contributed by atoms with van der Waals surface area (Å²) in [6, 6.07) is 18.2. The number of aliphatic hydroxyl groups excluding tert-OH is 1. The van der Waals surface area contributed by atoms with Gasteiger partial charge in [-0.2, -0.15) is 0 Å². The predicted octanol–water partition coefficient (Wildman–Crippen LogP) is 3.50. The lowest BCUT2D eigenvalue weighted by molar-refractivity contribution is 0.0620. The van der Waals surface area contributed by atoms with Crippen molar-refractivity contribution >= 4 is 0 Å². The van der Waals surface area contributed by atoms with Crippen LogP contribution in [0.25, 0.3) is 0 Å². The summed E-state index contributed by atoms with van der Waals surface area (Å²) < 4.78 is 5.96. The fourth-order valence-corrected chi connectivity index (χ4v) is 2.62. The quantitative estimate of drug-likeness (QED) is 0.908. The Kier molecular flexibility index (Phi) is 3.51. The summed E-state index contributed by atoms with van der Waals surface area (Å²) in [4.78, 5) is 0. The molecule has 0 bridgehead atoms. The van der Waals surface area contributed by atoms with Gasteiger partial charge in [-0.15, -0.1) is 0 Å². The van der Waals surface area contributed by atoms with E-state index in [-0.39, 0.29) is 6.10 Å². The number of hydrogen-bond donors (Lipinski definition) is 1. The molecule has 1 heterocycles. The number of fused-ring (bicyclic) bond motifs is 1. The number of rotatable bonds is 3. The first-order valence-corrected chi connectivity index (χ1v) is 6.80. The number of aliphatic hydroxyl groups is 1. The van der Waals surface area contributed by atoms with Gasteiger partial charge in [0.2, 0.25) is 0 Å². The van der Waals surface area contributed by atoms with E-state index in [9.17, 15) is 5.11 Å². The fraction of sp³-hybridized carbons (Fsp3) is 0.294. The van der Waals surface area contributed by atoms with Gasteiger partial charge in [-0.1, -0.05) is 48.5 Å². The van der Waals surface area contributed by atoms with Gasteiger partial charge in [0.25, 0.3) is 0 Å². The van der Waals surface area contributed by atoms with Crippen LogP contribution in [-0.2, 0) is 6.42 Å². The molecule has 0 radical (unpaired) electrons. The minimum Gasteiger partial charge on any atom is -0.490 e. The van der Waals surface area contributed by atoms with E-state index >= 15 is 0 Å². The second kappa shape index (κ2) is 5.45. The zero-order valence-electron chi connectivity index (χ0n) is 10.8. The molecular weight excluding hydrogens is 236 g/mol. The van der Waals surface area contributed by atoms with Gasteiger partial charge in [0.05, 0.1) is 6.10 Å². The first-order chi connectivity index (χ1) is 9.33. The lowest BCUT2D eigenvalue weighted by atomic mass is 9.95. The molecule has 0 aromatic heterocycles. The van der Waals surface area contributed by atoms with Gasteiger partial charge in [-0.25, -0.2) is 0 Å². The van der Waals surface area contributed by atoms with Crippen molar-refractivity contribution in [3.05, 3.63) is 65.7 Å². The zero-order valence-corrected chi connectivity index (χ0v) is 10.8. The van der Waals surface area contributed by atoms with E-state index < -0.39 is 6.10 Å². The molecule has 0 saturated heterocycles. The van der Waals surface area contributed by atoms with Gasteiger partial charge in [-0.05, 0) is 24.5 Å². The monoisotopic (exact) mass is 254 g/mol. The van der Waals surface area contributed by atoms with Crippen molar-refractivity contribution in [2.45, 2.75) is 31.5 Å². The molecule has 2 aromatic rings. The number of para-hydroxylation sites is 1. The lowest BCUT2D eigenvalue weighted by Crippen LogP contribution is -2.26. The van der Waals surface area contributed by atoms with Crippen LogP contribution in [0.1, 0.15) is 30.1 Å². The summed E-state index contributed by atoms with van der Waals surface area (Å²) >= 11 is 0. The Bertz CT molecular complexity index is 536. The molecule has 2 heteroatoms. The van der Waals surface area contributed by atoms with Gasteiger partial charge < -0.3 is 9.84 Å². The van der Waals surface area contributed by atoms with Crippen LogP contribution in [0.5, 0.6) is 5.75 Å². The van der Waals surface area contributed by atoms with Crippen molar-refractivity contribution in [3.63, 3.8) is 0 Å². The highest BCUT2D eigenvalue weighted by atomic mass is 16.5. The minimum atomic E-state index is -0.397. The number of aryl methyl sites for hydroxylation is 1. The molecule has 1 unspecified atom stereocenters. The van der Waals surface area contributed by atoms with E-state index in [2.05, 4.69) is 24.3 Å². The van der Waals surface area contributed by atoms with Crippen LogP contribution in [0.3, 0.4) is 0 Å². The third kappa shape index (κ3) is 2.79.